The van der Waals surface area contributed by atoms with E-state index in [-0.39, 0.29) is 5.91 Å². The van der Waals surface area contributed by atoms with Gasteiger partial charge >= 0.3 is 0 Å². The fraction of sp³-hybridized carbons (Fsp3) is 0.120. The second-order valence-corrected chi connectivity index (χ2v) is 8.15. The Bertz CT molecular complexity index is 1140. The highest BCUT2D eigenvalue weighted by atomic mass is 32.2. The molecular weight excluding hydrogens is 392 g/mol. The average molecular weight is 415 g/mol. The van der Waals surface area contributed by atoms with Crippen LogP contribution in [0.4, 0.5) is 5.69 Å². The van der Waals surface area contributed by atoms with E-state index in [2.05, 4.69) is 23.3 Å². The highest BCUT2D eigenvalue weighted by molar-refractivity contribution is 8.18. The van der Waals surface area contributed by atoms with E-state index in [1.165, 1.54) is 17.3 Å². The van der Waals surface area contributed by atoms with Crippen molar-refractivity contribution in [1.29, 1.82) is 0 Å². The fourth-order valence-corrected chi connectivity index (χ4v) is 3.94. The van der Waals surface area contributed by atoms with Gasteiger partial charge in [0.25, 0.3) is 5.91 Å². The summed E-state index contributed by atoms with van der Waals surface area (Å²) in [5, 5.41) is 3.44. The number of carbonyl (C=O) groups is 1. The summed E-state index contributed by atoms with van der Waals surface area (Å²) in [6.45, 7) is 4.57. The Morgan fingerprint density at radius 3 is 2.63 bits per heavy atom. The lowest BCUT2D eigenvalue weighted by Gasteiger charge is -2.07. The number of aryl methyl sites for hydroxylation is 2. The van der Waals surface area contributed by atoms with E-state index in [9.17, 15) is 4.79 Å². The van der Waals surface area contributed by atoms with Crippen molar-refractivity contribution in [1.82, 2.24) is 5.32 Å². The molecule has 4 nitrogen and oxygen atoms in total. The average Bonchev–Trinajstić information content (AvgIpc) is 3.08. The maximum Gasteiger partial charge on any atom is 0.264 e. The maximum absolute atomic E-state index is 12.4. The van der Waals surface area contributed by atoms with Gasteiger partial charge in [-0.25, -0.2) is 4.99 Å². The van der Waals surface area contributed by atoms with Crippen LogP contribution in [-0.4, -0.2) is 11.1 Å². The van der Waals surface area contributed by atoms with Crippen LogP contribution < -0.4 is 10.1 Å². The topological polar surface area (TPSA) is 50.7 Å². The summed E-state index contributed by atoms with van der Waals surface area (Å²) < 4.78 is 5.89. The molecular formula is C25H22N2O2S. The number of hydrogen-bond acceptors (Lipinski definition) is 4. The molecule has 1 saturated heterocycles. The van der Waals surface area contributed by atoms with Crippen molar-refractivity contribution in [3.63, 3.8) is 0 Å². The molecule has 1 amide bonds. The molecule has 3 aromatic rings. The summed E-state index contributed by atoms with van der Waals surface area (Å²) >= 11 is 1.35. The van der Waals surface area contributed by atoms with Gasteiger partial charge in [-0.1, -0.05) is 60.2 Å². The summed E-state index contributed by atoms with van der Waals surface area (Å²) in [4.78, 5) is 17.6. The van der Waals surface area contributed by atoms with E-state index >= 15 is 0 Å². The van der Waals surface area contributed by atoms with E-state index in [4.69, 9.17) is 4.74 Å². The predicted octanol–water partition coefficient (Wildman–Crippen LogP) is 5.77. The Labute approximate surface area is 180 Å². The molecule has 0 aromatic heterocycles. The van der Waals surface area contributed by atoms with Crippen molar-refractivity contribution in [2.24, 2.45) is 4.99 Å². The maximum atomic E-state index is 12.4. The van der Waals surface area contributed by atoms with Crippen LogP contribution in [0.5, 0.6) is 5.75 Å². The zero-order valence-corrected chi connectivity index (χ0v) is 17.7. The van der Waals surface area contributed by atoms with Crippen LogP contribution in [0.3, 0.4) is 0 Å². The Morgan fingerprint density at radius 2 is 1.83 bits per heavy atom. The third-order valence-electron chi connectivity index (χ3n) is 4.63. The second kappa shape index (κ2) is 9.01. The van der Waals surface area contributed by atoms with Crippen molar-refractivity contribution in [2.45, 2.75) is 20.5 Å². The van der Waals surface area contributed by atoms with Crippen LogP contribution in [0.2, 0.25) is 0 Å². The van der Waals surface area contributed by atoms with Gasteiger partial charge in [-0.15, -0.1) is 0 Å². The summed E-state index contributed by atoms with van der Waals surface area (Å²) in [5.41, 5.74) is 5.15. The molecule has 3 aromatic carbocycles. The van der Waals surface area contributed by atoms with Gasteiger partial charge in [-0.3, -0.25) is 4.79 Å². The summed E-state index contributed by atoms with van der Waals surface area (Å²) in [6, 6.07) is 23.8. The van der Waals surface area contributed by atoms with Crippen LogP contribution in [-0.2, 0) is 11.4 Å². The lowest BCUT2D eigenvalue weighted by atomic mass is 10.1. The monoisotopic (exact) mass is 414 g/mol. The van der Waals surface area contributed by atoms with Gasteiger partial charge in [0.15, 0.2) is 5.17 Å². The molecule has 1 aliphatic rings. The SMILES string of the molecule is Cc1ccc(N=C2NC(=O)/C(=C\c3cccc(OCc4ccccc4)c3)S2)c(C)c1. The highest BCUT2D eigenvalue weighted by Gasteiger charge is 2.24. The minimum atomic E-state index is -0.140. The number of benzene rings is 3. The minimum Gasteiger partial charge on any atom is -0.489 e. The van der Waals surface area contributed by atoms with E-state index in [0.29, 0.717) is 16.7 Å². The molecule has 0 spiro atoms. The van der Waals surface area contributed by atoms with Crippen LogP contribution in [0.15, 0.2) is 82.7 Å². The van der Waals surface area contributed by atoms with Gasteiger partial charge in [0, 0.05) is 0 Å². The van der Waals surface area contributed by atoms with Crippen molar-refractivity contribution in [2.75, 3.05) is 0 Å². The minimum absolute atomic E-state index is 0.140. The first kappa shape index (κ1) is 20.0. The smallest absolute Gasteiger partial charge is 0.264 e. The van der Waals surface area contributed by atoms with Gasteiger partial charge in [-0.2, -0.15) is 0 Å². The third-order valence-corrected chi connectivity index (χ3v) is 5.54. The van der Waals surface area contributed by atoms with E-state index < -0.39 is 0 Å². The van der Waals surface area contributed by atoms with E-state index in [1.54, 1.807) is 0 Å². The highest BCUT2D eigenvalue weighted by Crippen LogP contribution is 2.30. The quantitative estimate of drug-likeness (QED) is 0.539. The normalized spacial score (nSPS) is 16.1. The Morgan fingerprint density at radius 1 is 1.00 bits per heavy atom. The summed E-state index contributed by atoms with van der Waals surface area (Å²) in [7, 11) is 0. The molecule has 0 aliphatic carbocycles. The Kier molecular flexibility index (Phi) is 6.00. The Hall–Kier alpha value is -3.31. The molecule has 1 fully saturated rings. The lowest BCUT2D eigenvalue weighted by Crippen LogP contribution is -2.19. The van der Waals surface area contributed by atoms with Gasteiger partial charge in [0.05, 0.1) is 10.6 Å². The van der Waals surface area contributed by atoms with E-state index in [1.807, 2.05) is 79.7 Å². The summed E-state index contributed by atoms with van der Waals surface area (Å²) in [6.07, 6.45) is 1.86. The molecule has 0 radical (unpaired) electrons. The van der Waals surface area contributed by atoms with Crippen molar-refractivity contribution in [3.8, 4) is 5.75 Å². The molecule has 0 unspecified atom stereocenters. The molecule has 1 aliphatic heterocycles. The number of rotatable bonds is 5. The molecule has 30 heavy (non-hydrogen) atoms. The first-order chi connectivity index (χ1) is 14.6. The molecule has 1 heterocycles. The number of nitrogens with one attached hydrogen (secondary N) is 1. The molecule has 0 atom stereocenters. The largest absolute Gasteiger partial charge is 0.489 e. The van der Waals surface area contributed by atoms with Crippen molar-refractivity contribution >= 4 is 34.6 Å². The zero-order valence-electron chi connectivity index (χ0n) is 16.9. The van der Waals surface area contributed by atoms with Gasteiger partial charge < -0.3 is 10.1 Å². The molecule has 4 rings (SSSR count). The standard InChI is InChI=1S/C25H22N2O2S/c1-17-11-12-22(18(2)13-17)26-25-27-24(28)23(30-25)15-20-9-6-10-21(14-20)29-16-19-7-4-3-5-8-19/h3-15H,16H2,1-2H3,(H,26,27,28)/b23-15+. The number of amidine groups is 1. The zero-order chi connectivity index (χ0) is 20.9. The molecule has 5 heteroatoms. The van der Waals surface area contributed by atoms with E-state index in [0.717, 1.165) is 28.1 Å². The number of ether oxygens (including phenoxy) is 1. The number of hydrogen-bond donors (Lipinski definition) is 1. The van der Waals surface area contributed by atoms with Gasteiger partial charge in [-0.05, 0) is 66.6 Å². The van der Waals surface area contributed by atoms with Crippen LogP contribution in [0, 0.1) is 13.8 Å². The predicted molar refractivity (Wildman–Crippen MR) is 124 cm³/mol. The van der Waals surface area contributed by atoms with Crippen LogP contribution in [0.1, 0.15) is 22.3 Å². The molecule has 1 N–H and O–H groups in total. The first-order valence-electron chi connectivity index (χ1n) is 9.70. The number of carbonyl (C=O) groups excluding carboxylic acids is 1. The number of amides is 1. The van der Waals surface area contributed by atoms with Gasteiger partial charge in [0.2, 0.25) is 0 Å². The third kappa shape index (κ3) is 4.99. The first-order valence-corrected chi connectivity index (χ1v) is 10.5. The Balaban J connectivity index is 1.48. The number of nitrogens with zero attached hydrogens (tertiary/aromatic N) is 1. The fourth-order valence-electron chi connectivity index (χ4n) is 3.11. The number of thioether (sulfide) groups is 1. The van der Waals surface area contributed by atoms with Crippen molar-refractivity contribution in [3.05, 3.63) is 100.0 Å². The summed E-state index contributed by atoms with van der Waals surface area (Å²) in [5.74, 6) is 0.625. The second-order valence-electron chi connectivity index (χ2n) is 7.12. The van der Waals surface area contributed by atoms with Crippen LogP contribution in [0.25, 0.3) is 6.08 Å². The molecule has 0 saturated carbocycles. The van der Waals surface area contributed by atoms with Crippen molar-refractivity contribution < 1.29 is 9.53 Å². The lowest BCUT2D eigenvalue weighted by molar-refractivity contribution is -0.115. The van der Waals surface area contributed by atoms with Crippen LogP contribution >= 0.6 is 11.8 Å². The molecule has 150 valence electrons. The number of aliphatic imine (C=N–C) groups is 1. The molecule has 0 bridgehead atoms. The van der Waals surface area contributed by atoms with Gasteiger partial charge in [0.1, 0.15) is 12.4 Å².